The van der Waals surface area contributed by atoms with E-state index in [4.69, 9.17) is 16.3 Å². The fourth-order valence-electron chi connectivity index (χ4n) is 4.61. The molecule has 1 saturated carbocycles. The van der Waals surface area contributed by atoms with E-state index < -0.39 is 23.4 Å². The van der Waals surface area contributed by atoms with Crippen molar-refractivity contribution in [2.24, 2.45) is 5.41 Å². The second-order valence-corrected chi connectivity index (χ2v) is 10.2. The zero-order valence-electron chi connectivity index (χ0n) is 21.5. The highest BCUT2D eigenvalue weighted by Gasteiger charge is 2.67. The maximum Gasteiger partial charge on any atom is 0.395 e. The summed E-state index contributed by atoms with van der Waals surface area (Å²) >= 11 is 6.42. The van der Waals surface area contributed by atoms with E-state index in [-0.39, 0.29) is 37.6 Å². The van der Waals surface area contributed by atoms with Gasteiger partial charge in [-0.2, -0.15) is 13.2 Å². The lowest BCUT2D eigenvalue weighted by molar-refractivity contribution is -0.194. The number of ether oxygens (including phenoxy) is 1. The van der Waals surface area contributed by atoms with Crippen LogP contribution in [0.4, 0.5) is 13.2 Å². The number of carbonyl (C=O) groups is 2. The Balaban J connectivity index is 1.72. The van der Waals surface area contributed by atoms with Crippen LogP contribution in [0.2, 0.25) is 5.02 Å². The number of hydrogen-bond acceptors (Lipinski definition) is 5. The Morgan fingerprint density at radius 2 is 1.92 bits per heavy atom. The van der Waals surface area contributed by atoms with Crippen molar-refractivity contribution in [2.45, 2.75) is 57.2 Å². The summed E-state index contributed by atoms with van der Waals surface area (Å²) in [5, 5.41) is 3.29. The zero-order valence-corrected chi connectivity index (χ0v) is 22.2. The molecule has 1 N–H and O–H groups in total. The molecule has 3 rings (SSSR count). The van der Waals surface area contributed by atoms with E-state index in [1.54, 1.807) is 25.1 Å². The molecule has 1 amide bonds. The highest BCUT2D eigenvalue weighted by atomic mass is 35.5. The van der Waals surface area contributed by atoms with Crippen LogP contribution in [0.1, 0.15) is 60.0 Å². The van der Waals surface area contributed by atoms with Crippen LogP contribution in [-0.4, -0.2) is 61.5 Å². The second kappa shape index (κ2) is 11.8. The Morgan fingerprint density at radius 1 is 1.22 bits per heavy atom. The van der Waals surface area contributed by atoms with Crippen LogP contribution < -0.4 is 10.1 Å². The largest absolute Gasteiger partial charge is 0.495 e. The maximum absolute atomic E-state index is 14.0. The van der Waals surface area contributed by atoms with Gasteiger partial charge in [-0.1, -0.05) is 30.7 Å². The molecule has 1 fully saturated rings. The van der Waals surface area contributed by atoms with Gasteiger partial charge in [0.25, 0.3) is 0 Å². The number of nitrogens with zero attached hydrogens (tertiary/aromatic N) is 2. The molecular weight excluding hydrogens is 507 g/mol. The average molecular weight is 540 g/mol. The number of alkyl halides is 3. The van der Waals surface area contributed by atoms with Gasteiger partial charge in [0.1, 0.15) is 5.75 Å². The van der Waals surface area contributed by atoms with E-state index in [0.717, 1.165) is 5.56 Å². The number of methoxy groups -OCH3 is 1. The van der Waals surface area contributed by atoms with Crippen molar-refractivity contribution in [1.82, 2.24) is 15.2 Å². The molecular formula is C27H33ClF3N3O3. The number of nitrogens with one attached hydrogen (secondary N) is 1. The predicted molar refractivity (Wildman–Crippen MR) is 136 cm³/mol. The minimum Gasteiger partial charge on any atom is -0.495 e. The minimum absolute atomic E-state index is 0.00189. The van der Waals surface area contributed by atoms with Gasteiger partial charge in [-0.25, -0.2) is 0 Å². The van der Waals surface area contributed by atoms with Gasteiger partial charge in [-0.3, -0.25) is 14.6 Å². The lowest BCUT2D eigenvalue weighted by atomic mass is 9.80. The Hall–Kier alpha value is -2.65. The monoisotopic (exact) mass is 539 g/mol. The molecule has 0 radical (unpaired) electrons. The number of aromatic nitrogens is 1. The summed E-state index contributed by atoms with van der Waals surface area (Å²) in [6.45, 7) is 2.00. The number of pyridine rings is 1. The third-order valence-corrected chi connectivity index (χ3v) is 7.55. The molecule has 0 spiro atoms. The van der Waals surface area contributed by atoms with Gasteiger partial charge >= 0.3 is 6.18 Å². The summed E-state index contributed by atoms with van der Waals surface area (Å²) < 4.78 is 47.3. The summed E-state index contributed by atoms with van der Waals surface area (Å²) in [6.07, 6.45) is -1.14. The molecule has 202 valence electrons. The Bertz CT molecular complexity index is 1120. The molecule has 1 aliphatic rings. The lowest BCUT2D eigenvalue weighted by Gasteiger charge is -2.30. The number of amides is 1. The Labute approximate surface area is 220 Å². The van der Waals surface area contributed by atoms with Crippen LogP contribution >= 0.6 is 11.6 Å². The minimum atomic E-state index is -4.44. The zero-order chi connectivity index (χ0) is 27.4. The quantitative estimate of drug-likeness (QED) is 0.364. The summed E-state index contributed by atoms with van der Waals surface area (Å²) in [5.74, 6) is -1.19. The first kappa shape index (κ1) is 28.9. The third kappa shape index (κ3) is 6.82. The average Bonchev–Trinajstić information content (AvgIpc) is 3.67. The van der Waals surface area contributed by atoms with Crippen LogP contribution in [0.3, 0.4) is 0 Å². The van der Waals surface area contributed by atoms with Gasteiger partial charge in [0.05, 0.1) is 18.7 Å². The molecule has 10 heteroatoms. The Kier molecular flexibility index (Phi) is 9.23. The molecule has 2 aromatic rings. The summed E-state index contributed by atoms with van der Waals surface area (Å²) in [7, 11) is 5.13. The van der Waals surface area contributed by atoms with Crippen LogP contribution in [0.25, 0.3) is 0 Å². The number of benzene rings is 1. The van der Waals surface area contributed by atoms with E-state index in [0.29, 0.717) is 34.7 Å². The highest BCUT2D eigenvalue weighted by molar-refractivity contribution is 6.31. The highest BCUT2D eigenvalue weighted by Crippen LogP contribution is 2.66. The van der Waals surface area contributed by atoms with Crippen LogP contribution in [0.5, 0.6) is 5.75 Å². The lowest BCUT2D eigenvalue weighted by Crippen LogP contribution is -2.42. The van der Waals surface area contributed by atoms with E-state index in [1.807, 2.05) is 19.0 Å². The maximum atomic E-state index is 14.0. The third-order valence-electron chi connectivity index (χ3n) is 7.20. The first-order chi connectivity index (χ1) is 17.4. The van der Waals surface area contributed by atoms with E-state index in [1.165, 1.54) is 25.6 Å². The number of hydrogen-bond donors (Lipinski definition) is 1. The first-order valence-corrected chi connectivity index (χ1v) is 12.6. The summed E-state index contributed by atoms with van der Waals surface area (Å²) in [4.78, 5) is 30.9. The smallest absolute Gasteiger partial charge is 0.395 e. The van der Waals surface area contributed by atoms with Crippen molar-refractivity contribution in [3.05, 3.63) is 58.4 Å². The number of rotatable bonds is 12. The predicted octanol–water partition coefficient (Wildman–Crippen LogP) is 5.44. The number of Topliss-reactive ketones (excluding diaryl/α,β-unsaturated/α-hetero) is 1. The number of ketones is 1. The van der Waals surface area contributed by atoms with Gasteiger partial charge in [0.2, 0.25) is 5.91 Å². The van der Waals surface area contributed by atoms with Crippen molar-refractivity contribution in [3.8, 4) is 5.75 Å². The number of likely N-dealkylation sites (N-methyl/N-ethyl adjacent to an activating group) is 1. The molecule has 1 aromatic heterocycles. The van der Waals surface area contributed by atoms with Crippen molar-refractivity contribution < 1.29 is 27.5 Å². The van der Waals surface area contributed by atoms with Crippen molar-refractivity contribution in [2.75, 3.05) is 27.7 Å². The fourth-order valence-corrected chi connectivity index (χ4v) is 4.86. The van der Waals surface area contributed by atoms with Crippen LogP contribution in [0, 0.1) is 5.41 Å². The SMILES string of the molecule is CCC(=O)c1ccc(C[C@@H](CNC(=O)CC(c2cncc(OC)c2)C2(C(F)(F)F)CC2)N(C)C)c(Cl)c1. The summed E-state index contributed by atoms with van der Waals surface area (Å²) in [5.41, 5.74) is -0.244. The standard InChI is InChI=1S/C27H33ClF3N3O3/c1-5-24(35)18-7-6-17(23(28)12-18)10-20(34(2)3)15-33-25(36)13-22(26(8-9-26)27(29,30)31)19-11-21(37-4)16-32-14-19/h6-7,11-12,14,16,20,22H,5,8-10,13,15H2,1-4H3,(H,33,36)/t20-,22?/m0/s1. The van der Waals surface area contributed by atoms with Gasteiger partial charge in [0, 0.05) is 48.1 Å². The normalized spacial score (nSPS) is 16.2. The van der Waals surface area contributed by atoms with Crippen LogP contribution in [-0.2, 0) is 11.2 Å². The molecule has 6 nitrogen and oxygen atoms in total. The molecule has 0 bridgehead atoms. The molecule has 1 aromatic carbocycles. The topological polar surface area (TPSA) is 71.5 Å². The molecule has 1 unspecified atom stereocenters. The van der Waals surface area contributed by atoms with Gasteiger partial charge in [-0.05, 0) is 56.6 Å². The van der Waals surface area contributed by atoms with Crippen molar-refractivity contribution in [1.29, 1.82) is 0 Å². The van der Waals surface area contributed by atoms with Gasteiger partial charge < -0.3 is 15.0 Å². The van der Waals surface area contributed by atoms with E-state index in [9.17, 15) is 22.8 Å². The van der Waals surface area contributed by atoms with E-state index >= 15 is 0 Å². The van der Waals surface area contributed by atoms with E-state index in [2.05, 4.69) is 10.3 Å². The molecule has 1 heterocycles. The van der Waals surface area contributed by atoms with Gasteiger partial charge in [-0.15, -0.1) is 0 Å². The molecule has 2 atom stereocenters. The molecule has 0 saturated heterocycles. The van der Waals surface area contributed by atoms with Crippen molar-refractivity contribution >= 4 is 23.3 Å². The second-order valence-electron chi connectivity index (χ2n) is 9.78. The van der Waals surface area contributed by atoms with Crippen LogP contribution in [0.15, 0.2) is 36.7 Å². The first-order valence-electron chi connectivity index (χ1n) is 12.2. The number of halogens is 4. The molecule has 0 aliphatic heterocycles. The summed E-state index contributed by atoms with van der Waals surface area (Å²) in [6, 6.07) is 6.54. The Morgan fingerprint density at radius 3 is 2.46 bits per heavy atom. The van der Waals surface area contributed by atoms with Gasteiger partial charge in [0.15, 0.2) is 5.78 Å². The fraction of sp³-hybridized carbons (Fsp3) is 0.519. The molecule has 1 aliphatic carbocycles. The van der Waals surface area contributed by atoms with Crippen molar-refractivity contribution in [3.63, 3.8) is 0 Å². The number of carbonyl (C=O) groups excluding carboxylic acids is 2. The molecule has 37 heavy (non-hydrogen) atoms.